The summed E-state index contributed by atoms with van der Waals surface area (Å²) < 4.78 is 5.52. The first-order valence-corrected chi connectivity index (χ1v) is 8.67. The van der Waals surface area contributed by atoms with Crippen molar-refractivity contribution in [2.75, 3.05) is 6.61 Å². The number of amides is 1. The van der Waals surface area contributed by atoms with Gasteiger partial charge in [0.15, 0.2) is 24.0 Å². The Labute approximate surface area is 160 Å². The second-order valence-corrected chi connectivity index (χ2v) is 7.04. The van der Waals surface area contributed by atoms with Crippen molar-refractivity contribution in [3.05, 3.63) is 0 Å². The van der Waals surface area contributed by atoms with Gasteiger partial charge >= 0.3 is 0 Å². The van der Waals surface area contributed by atoms with Crippen molar-refractivity contribution >= 4 is 29.6 Å². The van der Waals surface area contributed by atoms with Gasteiger partial charge in [-0.15, -0.1) is 0 Å². The first-order valence-electron chi connectivity index (χ1n) is 8.67. The lowest BCUT2D eigenvalue weighted by Gasteiger charge is -2.48. The maximum Gasteiger partial charge on any atom is 0.223 e. The number of aliphatic hydroxyl groups is 3. The van der Waals surface area contributed by atoms with E-state index in [1.165, 1.54) is 32.0 Å². The number of Topliss-reactive ketones (excluding diaryl/α,β-unsaturated/α-hetero) is 2. The van der Waals surface area contributed by atoms with E-state index in [2.05, 4.69) is 9.98 Å². The summed E-state index contributed by atoms with van der Waals surface area (Å²) in [4.78, 5) is 47.7. The van der Waals surface area contributed by atoms with Gasteiger partial charge in [0.25, 0.3) is 0 Å². The highest BCUT2D eigenvalue weighted by Gasteiger charge is 2.63. The third-order valence-electron chi connectivity index (χ3n) is 5.30. The van der Waals surface area contributed by atoms with E-state index >= 15 is 0 Å². The van der Waals surface area contributed by atoms with Crippen LogP contribution in [0.25, 0.3) is 0 Å². The minimum Gasteiger partial charge on any atom is -0.394 e. The first kappa shape index (κ1) is 20.3. The lowest BCUT2D eigenvalue weighted by molar-refractivity contribution is -0.156. The number of fused-ring (bicyclic) bond motifs is 1. The molecule has 154 valence electrons. The number of ketones is 2. The Morgan fingerprint density at radius 2 is 1.89 bits per heavy atom. The fourth-order valence-corrected chi connectivity index (χ4v) is 3.89. The molecule has 0 spiro atoms. The highest BCUT2D eigenvalue weighted by Crippen LogP contribution is 2.39. The minimum absolute atomic E-state index is 0.242. The van der Waals surface area contributed by atoms with Crippen LogP contribution < -0.4 is 5.73 Å². The summed E-state index contributed by atoms with van der Waals surface area (Å²) in [6.45, 7) is 3.09. The number of hydrogen-bond acceptors (Lipinski definition) is 11. The van der Waals surface area contributed by atoms with E-state index < -0.39 is 66.5 Å². The number of hydrogen-bond donors (Lipinski definition) is 4. The lowest BCUT2D eigenvalue weighted by atomic mass is 9.86. The smallest absolute Gasteiger partial charge is 0.223 e. The average Bonchev–Trinajstić information content (AvgIpc) is 3.14. The summed E-state index contributed by atoms with van der Waals surface area (Å²) in [5.74, 6) is -1.83. The fraction of sp³-hybridized carbons (Fsp3) is 0.688. The molecule has 5 N–H and O–H groups in total. The fourth-order valence-electron chi connectivity index (χ4n) is 3.89. The van der Waals surface area contributed by atoms with Gasteiger partial charge in [0.1, 0.15) is 30.3 Å². The molecule has 28 heavy (non-hydrogen) atoms. The molecule has 1 fully saturated rings. The van der Waals surface area contributed by atoms with Crippen molar-refractivity contribution in [1.29, 1.82) is 0 Å². The molecule has 0 saturated carbocycles. The van der Waals surface area contributed by atoms with E-state index in [4.69, 9.17) is 10.5 Å². The minimum atomic E-state index is -1.79. The molecule has 3 aliphatic heterocycles. The predicted octanol–water partition coefficient (Wildman–Crippen LogP) is -3.44. The van der Waals surface area contributed by atoms with Gasteiger partial charge in [0, 0.05) is 6.92 Å². The van der Waals surface area contributed by atoms with E-state index in [-0.39, 0.29) is 5.84 Å². The zero-order chi connectivity index (χ0) is 21.0. The summed E-state index contributed by atoms with van der Waals surface area (Å²) in [5, 5.41) is 29.8. The Kier molecular flexibility index (Phi) is 5.00. The summed E-state index contributed by atoms with van der Waals surface area (Å²) in [5.41, 5.74) is 4.24. The number of carbonyl (C=O) groups excluding carboxylic acids is 3. The van der Waals surface area contributed by atoms with Crippen molar-refractivity contribution in [2.45, 2.75) is 63.2 Å². The second kappa shape index (κ2) is 6.88. The Morgan fingerprint density at radius 1 is 1.25 bits per heavy atom. The standard InChI is InChI=1S/C16H23N5O7/c1-6(23)12-19-14(17)16(7(2)24)15(21(12)8(3)25)20(5-18-16)13-11(27)10(26)9(4-22)28-13/h5,9-13,15,22,26-27H,4H2,1-3H3,(H2,17,19)/t9-,10-,11-,12-,13-,15+,16-/m1/s1. The Bertz CT molecular complexity index is 770. The van der Waals surface area contributed by atoms with Crippen LogP contribution in [0.4, 0.5) is 0 Å². The van der Waals surface area contributed by atoms with E-state index in [0.29, 0.717) is 0 Å². The van der Waals surface area contributed by atoms with Gasteiger partial charge in [0.2, 0.25) is 11.4 Å². The summed E-state index contributed by atoms with van der Waals surface area (Å²) in [7, 11) is 0. The Hall–Kier alpha value is -2.41. The first-order chi connectivity index (χ1) is 13.1. The van der Waals surface area contributed by atoms with Gasteiger partial charge in [-0.25, -0.2) is 9.98 Å². The highest BCUT2D eigenvalue weighted by atomic mass is 16.6. The molecule has 1 saturated heterocycles. The summed E-state index contributed by atoms with van der Waals surface area (Å²) >= 11 is 0. The third kappa shape index (κ3) is 2.64. The molecule has 12 nitrogen and oxygen atoms in total. The maximum atomic E-state index is 12.6. The third-order valence-corrected chi connectivity index (χ3v) is 5.30. The van der Waals surface area contributed by atoms with Gasteiger partial charge in [0.05, 0.1) is 12.9 Å². The monoisotopic (exact) mass is 397 g/mol. The number of aliphatic imine (C=N–C) groups is 2. The number of aliphatic hydroxyl groups excluding tert-OH is 3. The van der Waals surface area contributed by atoms with E-state index in [0.717, 1.165) is 4.90 Å². The summed E-state index contributed by atoms with van der Waals surface area (Å²) in [6.07, 6.45) is -6.55. The molecule has 12 heteroatoms. The molecule has 0 aromatic rings. The largest absolute Gasteiger partial charge is 0.394 e. The van der Waals surface area contributed by atoms with Crippen molar-refractivity contribution in [3.63, 3.8) is 0 Å². The zero-order valence-corrected chi connectivity index (χ0v) is 15.6. The lowest BCUT2D eigenvalue weighted by Crippen LogP contribution is -2.73. The van der Waals surface area contributed by atoms with Gasteiger partial charge in [-0.05, 0) is 13.8 Å². The van der Waals surface area contributed by atoms with Crippen molar-refractivity contribution in [2.24, 2.45) is 15.7 Å². The normalized spacial score (nSPS) is 39.7. The van der Waals surface area contributed by atoms with Crippen LogP contribution >= 0.6 is 0 Å². The number of rotatable bonds is 4. The highest BCUT2D eigenvalue weighted by molar-refractivity contribution is 6.16. The molecule has 0 unspecified atom stereocenters. The van der Waals surface area contributed by atoms with Crippen LogP contribution in [0.5, 0.6) is 0 Å². The Morgan fingerprint density at radius 3 is 2.36 bits per heavy atom. The van der Waals surface area contributed by atoms with Crippen LogP contribution in [0, 0.1) is 0 Å². The van der Waals surface area contributed by atoms with Crippen LogP contribution in [0.1, 0.15) is 20.8 Å². The quantitative estimate of drug-likeness (QED) is 0.375. The average molecular weight is 397 g/mol. The van der Waals surface area contributed by atoms with Gasteiger partial charge in [-0.3, -0.25) is 19.3 Å². The van der Waals surface area contributed by atoms with Crippen molar-refractivity contribution in [3.8, 4) is 0 Å². The topological polar surface area (TPSA) is 178 Å². The second-order valence-electron chi connectivity index (χ2n) is 7.04. The molecule has 3 rings (SSSR count). The zero-order valence-electron chi connectivity index (χ0n) is 15.6. The maximum absolute atomic E-state index is 12.6. The molecule has 0 aromatic carbocycles. The van der Waals surface area contributed by atoms with Crippen molar-refractivity contribution in [1.82, 2.24) is 9.80 Å². The molecule has 0 radical (unpaired) electrons. The van der Waals surface area contributed by atoms with Gasteiger partial charge in [-0.2, -0.15) is 0 Å². The molecule has 1 amide bonds. The molecular formula is C16H23N5O7. The molecule has 0 aromatic heterocycles. The number of ether oxygens (including phenoxy) is 1. The number of amidine groups is 1. The van der Waals surface area contributed by atoms with Crippen LogP contribution in [0.2, 0.25) is 0 Å². The van der Waals surface area contributed by atoms with Crippen LogP contribution in [-0.2, 0) is 19.1 Å². The van der Waals surface area contributed by atoms with Crippen LogP contribution in [0.15, 0.2) is 9.98 Å². The van der Waals surface area contributed by atoms with Gasteiger partial charge < -0.3 is 30.7 Å². The van der Waals surface area contributed by atoms with Gasteiger partial charge in [-0.1, -0.05) is 0 Å². The van der Waals surface area contributed by atoms with Crippen LogP contribution in [0.3, 0.4) is 0 Å². The molecule has 3 aliphatic rings. The molecular weight excluding hydrogens is 374 g/mol. The molecule has 0 aliphatic carbocycles. The predicted molar refractivity (Wildman–Crippen MR) is 93.9 cm³/mol. The van der Waals surface area contributed by atoms with E-state index in [1.807, 2.05) is 0 Å². The number of nitrogens with two attached hydrogens (primary N) is 1. The molecule has 3 heterocycles. The molecule has 7 atom stereocenters. The van der Waals surface area contributed by atoms with E-state index in [1.54, 1.807) is 0 Å². The van der Waals surface area contributed by atoms with Crippen LogP contribution in [-0.4, -0.2) is 104 Å². The summed E-state index contributed by atoms with van der Waals surface area (Å²) in [6, 6.07) is 0. The SMILES string of the molecule is CC(=O)[C@@H]1N=C(N)[C@@]2(C(C)=O)N=CN([C@@H]3O[C@H](CO)[C@@H](O)[C@H]3O)[C@H]2N1C(C)=O. The number of carbonyl (C=O) groups is 3. The van der Waals surface area contributed by atoms with E-state index in [9.17, 15) is 29.7 Å². The van der Waals surface area contributed by atoms with Crippen molar-refractivity contribution < 1.29 is 34.4 Å². The number of nitrogens with zero attached hydrogens (tertiary/aromatic N) is 4. The Balaban J connectivity index is 2.13. The molecule has 0 bridgehead atoms.